The lowest BCUT2D eigenvalue weighted by atomic mass is 9.93. The molecule has 0 radical (unpaired) electrons. The SMILES string of the molecule is CCCN1C(=O)C(=O)/C(=C(/O)c2cc(C)ccc2C)C1c1ccc(OC)c(OCc2ccccc2)c1. The minimum atomic E-state index is -0.741. The number of ketones is 1. The van der Waals surface area contributed by atoms with Crippen molar-refractivity contribution in [3.8, 4) is 11.5 Å². The van der Waals surface area contributed by atoms with Crippen molar-refractivity contribution in [2.45, 2.75) is 39.8 Å². The van der Waals surface area contributed by atoms with Crippen LogP contribution >= 0.6 is 0 Å². The van der Waals surface area contributed by atoms with Gasteiger partial charge < -0.3 is 19.5 Å². The van der Waals surface area contributed by atoms with Crippen molar-refractivity contribution in [3.63, 3.8) is 0 Å². The Morgan fingerprint density at radius 3 is 2.42 bits per heavy atom. The number of aryl methyl sites for hydroxylation is 2. The lowest BCUT2D eigenvalue weighted by Crippen LogP contribution is -2.30. The van der Waals surface area contributed by atoms with E-state index in [0.717, 1.165) is 16.7 Å². The number of amides is 1. The molecule has 1 amide bonds. The van der Waals surface area contributed by atoms with Crippen molar-refractivity contribution in [2.75, 3.05) is 13.7 Å². The zero-order chi connectivity index (χ0) is 25.8. The fourth-order valence-corrected chi connectivity index (χ4v) is 4.55. The van der Waals surface area contributed by atoms with Crippen LogP contribution in [0, 0.1) is 13.8 Å². The summed E-state index contributed by atoms with van der Waals surface area (Å²) in [5.41, 5.74) is 4.06. The number of Topliss-reactive ketones (excluding diaryl/α,β-unsaturated/α-hetero) is 1. The molecule has 1 heterocycles. The summed E-state index contributed by atoms with van der Waals surface area (Å²) in [7, 11) is 1.56. The van der Waals surface area contributed by atoms with Crippen molar-refractivity contribution in [1.82, 2.24) is 4.90 Å². The Bertz CT molecular complexity index is 1310. The number of carbonyl (C=O) groups excluding carboxylic acids is 2. The first-order chi connectivity index (χ1) is 17.3. The van der Waals surface area contributed by atoms with Gasteiger partial charge in [0.05, 0.1) is 18.7 Å². The Hall–Kier alpha value is -4.06. The van der Waals surface area contributed by atoms with Crippen molar-refractivity contribution in [2.24, 2.45) is 0 Å². The highest BCUT2D eigenvalue weighted by Crippen LogP contribution is 2.42. The number of nitrogens with zero attached hydrogens (tertiary/aromatic N) is 1. The molecule has 1 unspecified atom stereocenters. The van der Waals surface area contributed by atoms with Crippen LogP contribution in [0.3, 0.4) is 0 Å². The number of hydrogen-bond donors (Lipinski definition) is 1. The first-order valence-electron chi connectivity index (χ1n) is 12.1. The summed E-state index contributed by atoms with van der Waals surface area (Å²) in [5.74, 6) is -0.434. The first kappa shape index (κ1) is 25.0. The standard InChI is InChI=1S/C30H31NO5/c1-5-15-31-27(26(29(33)30(31)34)28(32)23-16-19(2)11-12-20(23)3)22-13-14-24(35-4)25(17-22)36-18-21-9-7-6-8-10-21/h6-14,16-17,27,32H,5,15,18H2,1-4H3/b28-26+. The van der Waals surface area contributed by atoms with Gasteiger partial charge in [0.2, 0.25) is 0 Å². The van der Waals surface area contributed by atoms with E-state index in [-0.39, 0.29) is 11.3 Å². The zero-order valence-corrected chi connectivity index (χ0v) is 21.1. The molecular formula is C30H31NO5. The van der Waals surface area contributed by atoms with Gasteiger partial charge in [0.15, 0.2) is 11.5 Å². The number of aliphatic hydroxyl groups is 1. The molecule has 0 aromatic heterocycles. The average molecular weight is 486 g/mol. The van der Waals surface area contributed by atoms with Gasteiger partial charge in [-0.1, -0.05) is 61.0 Å². The van der Waals surface area contributed by atoms with Crippen LogP contribution in [-0.2, 0) is 16.2 Å². The van der Waals surface area contributed by atoms with Gasteiger partial charge in [-0.05, 0) is 55.2 Å². The van der Waals surface area contributed by atoms with E-state index in [4.69, 9.17) is 9.47 Å². The maximum absolute atomic E-state index is 13.2. The Morgan fingerprint density at radius 2 is 1.72 bits per heavy atom. The summed E-state index contributed by atoms with van der Waals surface area (Å²) in [6.07, 6.45) is 0.667. The van der Waals surface area contributed by atoms with Crippen LogP contribution < -0.4 is 9.47 Å². The molecule has 1 N–H and O–H groups in total. The van der Waals surface area contributed by atoms with Gasteiger partial charge in [0.1, 0.15) is 12.4 Å². The van der Waals surface area contributed by atoms with Gasteiger partial charge in [-0.25, -0.2) is 0 Å². The molecule has 6 nitrogen and oxygen atoms in total. The number of benzene rings is 3. The highest BCUT2D eigenvalue weighted by atomic mass is 16.5. The Kier molecular flexibility index (Phi) is 7.44. The number of rotatable bonds is 8. The molecule has 3 aromatic rings. The maximum Gasteiger partial charge on any atom is 0.295 e. The molecule has 1 aliphatic rings. The van der Waals surface area contributed by atoms with E-state index in [1.165, 1.54) is 4.90 Å². The molecule has 0 spiro atoms. The van der Waals surface area contributed by atoms with Gasteiger partial charge in [0.25, 0.3) is 11.7 Å². The Labute approximate surface area is 211 Å². The number of aliphatic hydroxyl groups excluding tert-OH is 1. The second-order valence-electron chi connectivity index (χ2n) is 9.00. The summed E-state index contributed by atoms with van der Waals surface area (Å²) in [6.45, 7) is 6.45. The molecule has 36 heavy (non-hydrogen) atoms. The highest BCUT2D eigenvalue weighted by molar-refractivity contribution is 6.46. The first-order valence-corrected chi connectivity index (χ1v) is 12.1. The molecule has 1 aliphatic heterocycles. The molecule has 0 aliphatic carbocycles. The van der Waals surface area contributed by atoms with E-state index in [9.17, 15) is 14.7 Å². The number of ether oxygens (including phenoxy) is 2. The van der Waals surface area contributed by atoms with Crippen molar-refractivity contribution < 1.29 is 24.2 Å². The summed E-state index contributed by atoms with van der Waals surface area (Å²) in [6, 6.07) is 20.1. The van der Waals surface area contributed by atoms with Crippen molar-refractivity contribution in [3.05, 3.63) is 100 Å². The zero-order valence-electron chi connectivity index (χ0n) is 21.1. The van der Waals surface area contributed by atoms with Crippen LogP contribution in [0.2, 0.25) is 0 Å². The molecule has 4 rings (SSSR count). The molecule has 0 saturated carbocycles. The van der Waals surface area contributed by atoms with Gasteiger partial charge in [-0.3, -0.25) is 9.59 Å². The van der Waals surface area contributed by atoms with Gasteiger partial charge in [0, 0.05) is 12.1 Å². The molecule has 1 saturated heterocycles. The molecule has 1 fully saturated rings. The lowest BCUT2D eigenvalue weighted by Gasteiger charge is -2.26. The molecule has 186 valence electrons. The Balaban J connectivity index is 1.82. The van der Waals surface area contributed by atoms with Crippen LogP contribution in [0.25, 0.3) is 5.76 Å². The van der Waals surface area contributed by atoms with E-state index in [1.54, 1.807) is 19.2 Å². The molecule has 3 aromatic carbocycles. The van der Waals surface area contributed by atoms with E-state index in [0.29, 0.717) is 42.2 Å². The Morgan fingerprint density at radius 1 is 0.972 bits per heavy atom. The predicted octanol–water partition coefficient (Wildman–Crippen LogP) is 5.72. The molecular weight excluding hydrogens is 454 g/mol. The third-order valence-corrected chi connectivity index (χ3v) is 6.39. The lowest BCUT2D eigenvalue weighted by molar-refractivity contribution is -0.139. The summed E-state index contributed by atoms with van der Waals surface area (Å²) in [5, 5.41) is 11.4. The maximum atomic E-state index is 13.2. The van der Waals surface area contributed by atoms with E-state index < -0.39 is 17.7 Å². The van der Waals surface area contributed by atoms with Gasteiger partial charge >= 0.3 is 0 Å². The molecule has 6 heteroatoms. The van der Waals surface area contributed by atoms with Crippen molar-refractivity contribution in [1.29, 1.82) is 0 Å². The number of hydrogen-bond acceptors (Lipinski definition) is 5. The topological polar surface area (TPSA) is 76.1 Å². The summed E-state index contributed by atoms with van der Waals surface area (Å²) >= 11 is 0. The number of methoxy groups -OCH3 is 1. The second kappa shape index (κ2) is 10.7. The van der Waals surface area contributed by atoms with E-state index in [1.807, 2.05) is 75.4 Å². The predicted molar refractivity (Wildman–Crippen MR) is 139 cm³/mol. The minimum Gasteiger partial charge on any atom is -0.507 e. The van der Waals surface area contributed by atoms with Crippen LogP contribution in [-0.4, -0.2) is 35.4 Å². The second-order valence-corrected chi connectivity index (χ2v) is 9.00. The summed E-state index contributed by atoms with van der Waals surface area (Å²) < 4.78 is 11.6. The quantitative estimate of drug-likeness (QED) is 0.251. The fraction of sp³-hybridized carbons (Fsp3) is 0.267. The number of carbonyl (C=O) groups is 2. The normalized spacial score (nSPS) is 16.9. The highest BCUT2D eigenvalue weighted by Gasteiger charge is 2.46. The minimum absolute atomic E-state index is 0.0846. The van der Waals surface area contributed by atoms with Crippen LogP contribution in [0.4, 0.5) is 0 Å². The third-order valence-electron chi connectivity index (χ3n) is 6.39. The van der Waals surface area contributed by atoms with Gasteiger partial charge in [-0.15, -0.1) is 0 Å². The van der Waals surface area contributed by atoms with Crippen molar-refractivity contribution >= 4 is 17.4 Å². The fourth-order valence-electron chi connectivity index (χ4n) is 4.55. The number of likely N-dealkylation sites (tertiary alicyclic amines) is 1. The largest absolute Gasteiger partial charge is 0.507 e. The monoisotopic (exact) mass is 485 g/mol. The van der Waals surface area contributed by atoms with Gasteiger partial charge in [-0.2, -0.15) is 0 Å². The smallest absolute Gasteiger partial charge is 0.295 e. The van der Waals surface area contributed by atoms with E-state index >= 15 is 0 Å². The summed E-state index contributed by atoms with van der Waals surface area (Å²) in [4.78, 5) is 27.8. The van der Waals surface area contributed by atoms with Crippen LogP contribution in [0.15, 0.2) is 72.3 Å². The van der Waals surface area contributed by atoms with Crippen LogP contribution in [0.1, 0.15) is 47.2 Å². The third kappa shape index (κ3) is 4.85. The molecule has 1 atom stereocenters. The van der Waals surface area contributed by atoms with Crippen LogP contribution in [0.5, 0.6) is 11.5 Å². The van der Waals surface area contributed by atoms with E-state index in [2.05, 4.69) is 0 Å². The average Bonchev–Trinajstić information content (AvgIpc) is 3.14. The molecule has 0 bridgehead atoms.